The van der Waals surface area contributed by atoms with Crippen LogP contribution in [-0.4, -0.2) is 21.9 Å². The van der Waals surface area contributed by atoms with Crippen molar-refractivity contribution in [2.24, 2.45) is 0 Å². The van der Waals surface area contributed by atoms with E-state index in [1.165, 1.54) is 17.8 Å². The van der Waals surface area contributed by atoms with Crippen molar-refractivity contribution in [3.63, 3.8) is 0 Å². The first-order chi connectivity index (χ1) is 12.2. The van der Waals surface area contributed by atoms with E-state index in [4.69, 9.17) is 0 Å². The zero-order chi connectivity index (χ0) is 17.2. The van der Waals surface area contributed by atoms with Gasteiger partial charge >= 0.3 is 0 Å². The number of aromatic amines is 1. The first-order valence-corrected chi connectivity index (χ1v) is 9.04. The van der Waals surface area contributed by atoms with Crippen molar-refractivity contribution >= 4 is 17.7 Å². The molecule has 2 heterocycles. The molecule has 0 radical (unpaired) electrons. The van der Waals surface area contributed by atoms with Crippen LogP contribution in [0.2, 0.25) is 0 Å². The summed E-state index contributed by atoms with van der Waals surface area (Å²) in [7, 11) is 0. The number of thioether (sulfide) groups is 1. The Bertz CT molecular complexity index is 910. The van der Waals surface area contributed by atoms with Gasteiger partial charge in [0.1, 0.15) is 11.5 Å². The first kappa shape index (κ1) is 15.9. The number of rotatable bonds is 3. The molecule has 1 aromatic heterocycles. The number of hydrogen-bond donors (Lipinski definition) is 2. The zero-order valence-corrected chi connectivity index (χ0v) is 14.1. The van der Waals surface area contributed by atoms with Crippen molar-refractivity contribution in [2.45, 2.75) is 17.4 Å². The molecule has 0 saturated carbocycles. The smallest absolute Gasteiger partial charge is 0.269 e. The summed E-state index contributed by atoms with van der Waals surface area (Å²) in [5.41, 5.74) is 2.90. The van der Waals surface area contributed by atoms with Crippen LogP contribution >= 0.6 is 11.8 Å². The monoisotopic (exact) mass is 353 g/mol. The molecule has 0 bridgehead atoms. The largest absolute Gasteiger partial charge is 0.344 e. The van der Waals surface area contributed by atoms with E-state index in [0.717, 1.165) is 29.0 Å². The first-order valence-electron chi connectivity index (χ1n) is 8.05. The van der Waals surface area contributed by atoms with Crippen LogP contribution in [0.15, 0.2) is 59.5 Å². The second-order valence-electron chi connectivity index (χ2n) is 5.85. The summed E-state index contributed by atoms with van der Waals surface area (Å²) < 4.78 is 13.9. The third kappa shape index (κ3) is 3.17. The van der Waals surface area contributed by atoms with Gasteiger partial charge in [0, 0.05) is 16.2 Å². The summed E-state index contributed by atoms with van der Waals surface area (Å²) in [5.74, 6) is 0.313. The third-order valence-electron chi connectivity index (χ3n) is 4.22. The number of hydrogen-bond acceptors (Lipinski definition) is 3. The lowest BCUT2D eigenvalue weighted by Gasteiger charge is -2.25. The number of nitrogens with zero attached hydrogens (tertiary/aromatic N) is 1. The Kier molecular flexibility index (Phi) is 4.28. The fourth-order valence-electron chi connectivity index (χ4n) is 2.97. The Morgan fingerprint density at radius 2 is 2.04 bits per heavy atom. The Balaban J connectivity index is 1.54. The van der Waals surface area contributed by atoms with Gasteiger partial charge in [0.25, 0.3) is 5.91 Å². The molecule has 3 aromatic rings. The topological polar surface area (TPSA) is 57.8 Å². The highest BCUT2D eigenvalue weighted by Crippen LogP contribution is 2.37. The molecule has 0 aliphatic carbocycles. The van der Waals surface area contributed by atoms with Crippen molar-refractivity contribution in [3.05, 3.63) is 71.7 Å². The number of carbonyl (C=O) groups is 1. The Labute approximate surface area is 148 Å². The number of halogens is 1. The molecule has 4 rings (SSSR count). The van der Waals surface area contributed by atoms with Gasteiger partial charge in [-0.1, -0.05) is 42.5 Å². The van der Waals surface area contributed by atoms with Crippen molar-refractivity contribution in [3.8, 4) is 11.3 Å². The van der Waals surface area contributed by atoms with Crippen LogP contribution in [-0.2, 0) is 0 Å². The quantitative estimate of drug-likeness (QED) is 0.742. The molecule has 0 saturated heterocycles. The fourth-order valence-corrected chi connectivity index (χ4v) is 4.11. The van der Waals surface area contributed by atoms with Gasteiger partial charge in [0.15, 0.2) is 0 Å². The van der Waals surface area contributed by atoms with E-state index >= 15 is 0 Å². The maximum absolute atomic E-state index is 13.9. The van der Waals surface area contributed by atoms with E-state index in [-0.39, 0.29) is 17.8 Å². The second-order valence-corrected chi connectivity index (χ2v) is 6.96. The number of fused-ring (bicyclic) bond motifs is 1. The van der Waals surface area contributed by atoms with Crippen LogP contribution < -0.4 is 5.32 Å². The minimum atomic E-state index is -0.234. The van der Waals surface area contributed by atoms with E-state index in [2.05, 4.69) is 15.5 Å². The molecular weight excluding hydrogens is 337 g/mol. The van der Waals surface area contributed by atoms with Crippen LogP contribution in [0.3, 0.4) is 0 Å². The van der Waals surface area contributed by atoms with Crippen molar-refractivity contribution < 1.29 is 9.18 Å². The van der Waals surface area contributed by atoms with Crippen LogP contribution in [0.4, 0.5) is 4.39 Å². The van der Waals surface area contributed by atoms with Gasteiger partial charge in [-0.25, -0.2) is 4.39 Å². The Morgan fingerprint density at radius 1 is 1.20 bits per heavy atom. The lowest BCUT2D eigenvalue weighted by molar-refractivity contribution is 0.0929. The highest BCUT2D eigenvalue weighted by atomic mass is 32.2. The summed E-state index contributed by atoms with van der Waals surface area (Å²) in [6.07, 6.45) is 0.770. The predicted molar refractivity (Wildman–Crippen MR) is 96.0 cm³/mol. The van der Waals surface area contributed by atoms with Gasteiger partial charge in [-0.3, -0.25) is 9.89 Å². The van der Waals surface area contributed by atoms with E-state index in [9.17, 15) is 9.18 Å². The van der Waals surface area contributed by atoms with Gasteiger partial charge in [-0.2, -0.15) is 5.10 Å². The van der Waals surface area contributed by atoms with Gasteiger partial charge < -0.3 is 5.32 Å². The molecular formula is C19H16FN3OS. The van der Waals surface area contributed by atoms with Gasteiger partial charge in [-0.05, 0) is 24.1 Å². The summed E-state index contributed by atoms with van der Waals surface area (Å²) >= 11 is 1.50. The highest BCUT2D eigenvalue weighted by Gasteiger charge is 2.25. The van der Waals surface area contributed by atoms with Crippen molar-refractivity contribution in [2.75, 3.05) is 5.75 Å². The number of benzene rings is 2. The molecule has 1 atom stereocenters. The van der Waals surface area contributed by atoms with Crippen molar-refractivity contribution in [1.82, 2.24) is 15.5 Å². The van der Waals surface area contributed by atoms with Crippen molar-refractivity contribution in [1.29, 1.82) is 0 Å². The van der Waals surface area contributed by atoms with E-state index in [1.54, 1.807) is 12.1 Å². The van der Waals surface area contributed by atoms with Crippen LogP contribution in [0.25, 0.3) is 11.3 Å². The van der Waals surface area contributed by atoms with Gasteiger partial charge in [-0.15, -0.1) is 11.8 Å². The molecule has 25 heavy (non-hydrogen) atoms. The van der Waals surface area contributed by atoms with Gasteiger partial charge in [0.05, 0.1) is 11.7 Å². The molecule has 1 aliphatic heterocycles. The molecule has 2 N–H and O–H groups in total. The van der Waals surface area contributed by atoms with Crippen LogP contribution in [0.1, 0.15) is 28.5 Å². The third-order valence-corrected chi connectivity index (χ3v) is 5.38. The molecule has 126 valence electrons. The highest BCUT2D eigenvalue weighted by molar-refractivity contribution is 7.99. The second kappa shape index (κ2) is 6.72. The minimum absolute atomic E-state index is 0.192. The van der Waals surface area contributed by atoms with Crippen LogP contribution in [0.5, 0.6) is 0 Å². The lowest BCUT2D eigenvalue weighted by atomic mass is 10.0. The molecule has 0 unspecified atom stereocenters. The van der Waals surface area contributed by atoms with E-state index < -0.39 is 0 Å². The maximum atomic E-state index is 13.9. The number of amides is 1. The Morgan fingerprint density at radius 3 is 2.88 bits per heavy atom. The van der Waals surface area contributed by atoms with E-state index in [0.29, 0.717) is 10.6 Å². The molecule has 1 aliphatic rings. The van der Waals surface area contributed by atoms with E-state index in [1.807, 2.05) is 36.4 Å². The summed E-state index contributed by atoms with van der Waals surface area (Å²) in [5, 5.41) is 9.99. The van der Waals surface area contributed by atoms with Crippen LogP contribution in [0, 0.1) is 5.82 Å². The number of carbonyl (C=O) groups excluding carboxylic acids is 1. The standard InChI is InChI=1S/C19H16FN3OS/c20-14-8-4-7-13-15(9-10-25-18(13)14)21-19(24)17-11-16(22-23-17)12-5-2-1-3-6-12/h1-8,11,15H,9-10H2,(H,21,24)(H,22,23)/t15-/m1/s1. The summed E-state index contributed by atoms with van der Waals surface area (Å²) in [6.45, 7) is 0. The maximum Gasteiger partial charge on any atom is 0.269 e. The number of nitrogens with one attached hydrogen (secondary N) is 2. The molecule has 2 aromatic carbocycles. The molecule has 0 spiro atoms. The molecule has 1 amide bonds. The average molecular weight is 353 g/mol. The lowest BCUT2D eigenvalue weighted by Crippen LogP contribution is -2.31. The summed E-state index contributed by atoms with van der Waals surface area (Å²) in [4.78, 5) is 13.2. The number of H-pyrrole nitrogens is 1. The van der Waals surface area contributed by atoms with Gasteiger partial charge in [0.2, 0.25) is 0 Å². The SMILES string of the molecule is O=C(N[C@@H]1CCSc2c(F)cccc21)c1cc(-c2ccccc2)n[nH]1. The summed E-state index contributed by atoms with van der Waals surface area (Å²) in [6, 6.07) is 16.2. The molecule has 0 fully saturated rings. The normalized spacial score (nSPS) is 16.3. The molecule has 6 heteroatoms. The number of aromatic nitrogens is 2. The molecule has 4 nitrogen and oxygen atoms in total. The zero-order valence-electron chi connectivity index (χ0n) is 13.3. The Hall–Kier alpha value is -2.60. The fraction of sp³-hybridized carbons (Fsp3) is 0.158. The minimum Gasteiger partial charge on any atom is -0.344 e. The average Bonchev–Trinajstić information content (AvgIpc) is 3.14. The predicted octanol–water partition coefficient (Wildman–Crippen LogP) is 4.18.